The molecule has 1 saturated carbocycles. The van der Waals surface area contributed by atoms with E-state index in [-0.39, 0.29) is 21.8 Å². The molecule has 1 aliphatic rings. The van der Waals surface area contributed by atoms with Gasteiger partial charge in [-0.1, -0.05) is 39.8 Å². The number of nitrogens with two attached hydrogens (primary N) is 1. The van der Waals surface area contributed by atoms with Crippen LogP contribution < -0.4 is 10.5 Å². The van der Waals surface area contributed by atoms with E-state index in [1.54, 1.807) is 13.0 Å². The van der Waals surface area contributed by atoms with Gasteiger partial charge in [0.15, 0.2) is 0 Å². The fraction of sp³-hybridized carbons (Fsp3) is 0.600. The van der Waals surface area contributed by atoms with E-state index in [0.717, 1.165) is 5.56 Å². The fourth-order valence-electron chi connectivity index (χ4n) is 2.87. The van der Waals surface area contributed by atoms with Crippen molar-refractivity contribution in [1.29, 1.82) is 0 Å². The quantitative estimate of drug-likeness (QED) is 0.842. The molecule has 1 fully saturated rings. The van der Waals surface area contributed by atoms with Gasteiger partial charge in [-0.3, -0.25) is 0 Å². The minimum Gasteiger partial charge on any atom is -0.397 e. The molecular weight excluding hydrogens is 272 g/mol. The van der Waals surface area contributed by atoms with Crippen LogP contribution >= 0.6 is 0 Å². The van der Waals surface area contributed by atoms with Crippen molar-refractivity contribution >= 4 is 15.7 Å². The number of nitrogens with one attached hydrogen (secondary N) is 1. The molecule has 4 nitrogen and oxygen atoms in total. The van der Waals surface area contributed by atoms with Crippen molar-refractivity contribution in [3.05, 3.63) is 23.3 Å². The zero-order valence-electron chi connectivity index (χ0n) is 13.0. The summed E-state index contributed by atoms with van der Waals surface area (Å²) < 4.78 is 28.2. The number of nitrogen functional groups attached to an aromatic ring is 1. The second kappa shape index (κ2) is 4.21. The minimum atomic E-state index is -3.60. The van der Waals surface area contributed by atoms with Crippen molar-refractivity contribution in [3.63, 3.8) is 0 Å². The number of sulfonamides is 1. The monoisotopic (exact) mass is 296 g/mol. The Hall–Kier alpha value is -1.07. The van der Waals surface area contributed by atoms with Gasteiger partial charge in [0.05, 0.1) is 5.69 Å². The standard InChI is InChI=1S/C15H24N2O2S/c1-9-7-8-10(2)12(11(9)16)20(18,19)17-13-14(3,4)15(13,5)6/h7-8,13,17H,16H2,1-6H3. The zero-order chi connectivity index (χ0) is 15.5. The smallest absolute Gasteiger partial charge is 0.243 e. The summed E-state index contributed by atoms with van der Waals surface area (Å²) in [7, 11) is -3.60. The van der Waals surface area contributed by atoms with Crippen LogP contribution in [0.3, 0.4) is 0 Å². The third-order valence-electron chi connectivity index (χ3n) is 5.17. The summed E-state index contributed by atoms with van der Waals surface area (Å²) in [5, 5.41) is 0. The first-order chi connectivity index (χ1) is 8.93. The Kier molecular flexibility index (Phi) is 3.23. The van der Waals surface area contributed by atoms with E-state index in [1.807, 2.05) is 13.0 Å². The van der Waals surface area contributed by atoms with Crippen LogP contribution in [0.25, 0.3) is 0 Å². The highest BCUT2D eigenvalue weighted by Crippen LogP contribution is 2.63. The Morgan fingerprint density at radius 1 is 1.05 bits per heavy atom. The van der Waals surface area contributed by atoms with Gasteiger partial charge < -0.3 is 5.73 Å². The summed E-state index contributed by atoms with van der Waals surface area (Å²) in [6.07, 6.45) is 0. The number of aryl methyl sites for hydroxylation is 2. The van der Waals surface area contributed by atoms with Gasteiger partial charge in [-0.2, -0.15) is 0 Å². The van der Waals surface area contributed by atoms with Crippen LogP contribution in [-0.4, -0.2) is 14.5 Å². The van der Waals surface area contributed by atoms with Crippen molar-refractivity contribution in [1.82, 2.24) is 4.72 Å². The van der Waals surface area contributed by atoms with Gasteiger partial charge in [0.25, 0.3) is 0 Å². The summed E-state index contributed by atoms with van der Waals surface area (Å²) >= 11 is 0. The molecule has 0 atom stereocenters. The lowest BCUT2D eigenvalue weighted by Crippen LogP contribution is -2.31. The van der Waals surface area contributed by atoms with Crippen molar-refractivity contribution in [2.24, 2.45) is 10.8 Å². The van der Waals surface area contributed by atoms with E-state index in [9.17, 15) is 8.42 Å². The maximum atomic E-state index is 12.7. The first-order valence-corrected chi connectivity index (χ1v) is 8.29. The number of hydrogen-bond acceptors (Lipinski definition) is 3. The lowest BCUT2D eigenvalue weighted by molar-refractivity contribution is 0.457. The fourth-order valence-corrected chi connectivity index (χ4v) is 4.83. The van der Waals surface area contributed by atoms with Gasteiger partial charge in [-0.15, -0.1) is 0 Å². The lowest BCUT2D eigenvalue weighted by Gasteiger charge is -2.14. The van der Waals surface area contributed by atoms with E-state index in [2.05, 4.69) is 32.4 Å². The molecule has 0 amide bonds. The van der Waals surface area contributed by atoms with Crippen LogP contribution in [0.15, 0.2) is 17.0 Å². The number of benzene rings is 1. The van der Waals surface area contributed by atoms with Gasteiger partial charge in [0, 0.05) is 6.04 Å². The molecule has 0 radical (unpaired) electrons. The summed E-state index contributed by atoms with van der Waals surface area (Å²) in [6.45, 7) is 11.9. The largest absolute Gasteiger partial charge is 0.397 e. The van der Waals surface area contributed by atoms with Gasteiger partial charge in [-0.05, 0) is 35.8 Å². The van der Waals surface area contributed by atoms with E-state index < -0.39 is 10.0 Å². The predicted molar refractivity (Wildman–Crippen MR) is 82.0 cm³/mol. The first-order valence-electron chi connectivity index (χ1n) is 6.81. The average molecular weight is 296 g/mol. The summed E-state index contributed by atoms with van der Waals surface area (Å²) in [5.41, 5.74) is 7.69. The molecule has 20 heavy (non-hydrogen) atoms. The van der Waals surface area contributed by atoms with Crippen LogP contribution in [0.5, 0.6) is 0 Å². The minimum absolute atomic E-state index is 0.0490. The van der Waals surface area contributed by atoms with E-state index in [0.29, 0.717) is 11.3 Å². The summed E-state index contributed by atoms with van der Waals surface area (Å²) in [6, 6.07) is 3.57. The third-order valence-corrected chi connectivity index (χ3v) is 6.80. The second-order valence-corrected chi connectivity index (χ2v) is 8.59. The molecule has 0 unspecified atom stereocenters. The van der Waals surface area contributed by atoms with Crippen LogP contribution in [0.1, 0.15) is 38.8 Å². The molecule has 0 bridgehead atoms. The second-order valence-electron chi connectivity index (χ2n) is 6.94. The highest BCUT2D eigenvalue weighted by Gasteiger charge is 2.66. The number of anilines is 1. The molecule has 0 spiro atoms. The van der Waals surface area contributed by atoms with Crippen LogP contribution in [0, 0.1) is 24.7 Å². The number of hydrogen-bond donors (Lipinski definition) is 2. The average Bonchev–Trinajstić information content (AvgIpc) is 2.66. The first kappa shape index (κ1) is 15.3. The van der Waals surface area contributed by atoms with Gasteiger partial charge >= 0.3 is 0 Å². The van der Waals surface area contributed by atoms with E-state index >= 15 is 0 Å². The normalized spacial score (nSPS) is 20.9. The summed E-state index contributed by atoms with van der Waals surface area (Å²) in [4.78, 5) is 0.219. The van der Waals surface area contributed by atoms with Crippen LogP contribution in [-0.2, 0) is 10.0 Å². The van der Waals surface area contributed by atoms with E-state index in [1.165, 1.54) is 0 Å². The highest BCUT2D eigenvalue weighted by molar-refractivity contribution is 7.89. The molecule has 1 aromatic carbocycles. The lowest BCUT2D eigenvalue weighted by atomic mass is 10.0. The summed E-state index contributed by atoms with van der Waals surface area (Å²) in [5.74, 6) is 0. The maximum absolute atomic E-state index is 12.7. The third kappa shape index (κ3) is 2.04. The van der Waals surface area contributed by atoms with Crippen molar-refractivity contribution < 1.29 is 8.42 Å². The molecular formula is C15H24N2O2S. The van der Waals surface area contributed by atoms with Gasteiger partial charge in [0.2, 0.25) is 10.0 Å². The van der Waals surface area contributed by atoms with Crippen molar-refractivity contribution in [2.75, 3.05) is 5.73 Å². The molecule has 0 heterocycles. The highest BCUT2D eigenvalue weighted by atomic mass is 32.2. The van der Waals surface area contributed by atoms with Gasteiger partial charge in [-0.25, -0.2) is 13.1 Å². The number of rotatable bonds is 3. The predicted octanol–water partition coefficient (Wildman–Crippen LogP) is 2.60. The molecule has 1 aromatic rings. The Morgan fingerprint density at radius 2 is 1.50 bits per heavy atom. The van der Waals surface area contributed by atoms with Gasteiger partial charge in [0.1, 0.15) is 4.90 Å². The van der Waals surface area contributed by atoms with Crippen molar-refractivity contribution in [2.45, 2.75) is 52.5 Å². The SMILES string of the molecule is Cc1ccc(C)c(S(=O)(=O)NC2C(C)(C)C2(C)C)c1N. The maximum Gasteiger partial charge on any atom is 0.243 e. The molecule has 0 saturated heterocycles. The Balaban J connectivity index is 2.42. The van der Waals surface area contributed by atoms with Crippen LogP contribution in [0.4, 0.5) is 5.69 Å². The Labute approximate surface area is 121 Å². The molecule has 3 N–H and O–H groups in total. The van der Waals surface area contributed by atoms with E-state index in [4.69, 9.17) is 5.73 Å². The molecule has 5 heteroatoms. The molecule has 0 aromatic heterocycles. The molecule has 0 aliphatic heterocycles. The van der Waals surface area contributed by atoms with Crippen molar-refractivity contribution in [3.8, 4) is 0 Å². The zero-order valence-corrected chi connectivity index (χ0v) is 13.9. The molecule has 112 valence electrons. The topological polar surface area (TPSA) is 72.2 Å². The molecule has 2 rings (SSSR count). The molecule has 1 aliphatic carbocycles. The Morgan fingerprint density at radius 3 is 1.95 bits per heavy atom. The Bertz CT molecular complexity index is 647. The van der Waals surface area contributed by atoms with Crippen LogP contribution in [0.2, 0.25) is 0 Å².